The van der Waals surface area contributed by atoms with Crippen molar-refractivity contribution >= 4 is 5.91 Å². The molecule has 0 aromatic heterocycles. The van der Waals surface area contributed by atoms with Crippen LogP contribution in [0.5, 0.6) is 17.2 Å². The maximum Gasteiger partial charge on any atom is 0.220 e. The van der Waals surface area contributed by atoms with E-state index in [1.165, 1.54) is 12.1 Å². The smallest absolute Gasteiger partial charge is 0.220 e. The van der Waals surface area contributed by atoms with Crippen molar-refractivity contribution in [2.45, 2.75) is 26.7 Å². The normalized spacial score (nSPS) is 10.3. The maximum absolute atomic E-state index is 12.8. The zero-order valence-corrected chi connectivity index (χ0v) is 15.8. The molecule has 0 fully saturated rings. The molecule has 0 unspecified atom stereocenters. The molecule has 1 amide bonds. The van der Waals surface area contributed by atoms with Gasteiger partial charge in [-0.1, -0.05) is 6.07 Å². The second-order valence-electron chi connectivity index (χ2n) is 5.80. The molecule has 27 heavy (non-hydrogen) atoms. The van der Waals surface area contributed by atoms with Crippen molar-refractivity contribution in [3.8, 4) is 17.2 Å². The molecule has 0 aliphatic rings. The van der Waals surface area contributed by atoms with Crippen LogP contribution in [-0.4, -0.2) is 32.3 Å². The number of halogens is 1. The Morgan fingerprint density at radius 3 is 2.37 bits per heavy atom. The van der Waals surface area contributed by atoms with Gasteiger partial charge in [-0.2, -0.15) is 0 Å². The van der Waals surface area contributed by atoms with E-state index in [0.717, 1.165) is 5.56 Å². The Balaban J connectivity index is 1.73. The zero-order chi connectivity index (χ0) is 19.5. The van der Waals surface area contributed by atoms with E-state index in [-0.39, 0.29) is 11.7 Å². The first-order valence-electron chi connectivity index (χ1n) is 9.16. The number of nitrogens with one attached hydrogen (secondary N) is 1. The molecule has 0 spiro atoms. The molecule has 146 valence electrons. The van der Waals surface area contributed by atoms with Crippen LogP contribution in [0.15, 0.2) is 42.5 Å². The highest BCUT2D eigenvalue weighted by Crippen LogP contribution is 2.28. The summed E-state index contributed by atoms with van der Waals surface area (Å²) in [5.74, 6) is 1.63. The second-order valence-corrected chi connectivity index (χ2v) is 5.80. The molecular formula is C21H26FNO4. The van der Waals surface area contributed by atoms with E-state index < -0.39 is 0 Å². The first-order valence-corrected chi connectivity index (χ1v) is 9.16. The minimum atomic E-state index is -0.308. The SMILES string of the molecule is CCOc1ccc(CCC(=O)NCCOc2ccc(F)cc2)cc1OCC. The highest BCUT2D eigenvalue weighted by molar-refractivity contribution is 5.76. The Morgan fingerprint density at radius 1 is 0.963 bits per heavy atom. The molecule has 5 nitrogen and oxygen atoms in total. The van der Waals surface area contributed by atoms with Gasteiger partial charge in [-0.25, -0.2) is 4.39 Å². The fourth-order valence-corrected chi connectivity index (χ4v) is 2.49. The van der Waals surface area contributed by atoms with E-state index in [0.29, 0.717) is 56.5 Å². The number of rotatable bonds is 11. The summed E-state index contributed by atoms with van der Waals surface area (Å²) in [4.78, 5) is 12.0. The van der Waals surface area contributed by atoms with Gasteiger partial charge in [-0.3, -0.25) is 4.79 Å². The van der Waals surface area contributed by atoms with Gasteiger partial charge in [0.25, 0.3) is 0 Å². The Kier molecular flexibility index (Phi) is 8.42. The highest BCUT2D eigenvalue weighted by Gasteiger charge is 2.08. The Morgan fingerprint density at radius 2 is 1.67 bits per heavy atom. The van der Waals surface area contributed by atoms with Crippen LogP contribution in [-0.2, 0) is 11.2 Å². The van der Waals surface area contributed by atoms with Gasteiger partial charge in [0, 0.05) is 6.42 Å². The summed E-state index contributed by atoms with van der Waals surface area (Å²) in [5, 5.41) is 2.81. The van der Waals surface area contributed by atoms with Crippen molar-refractivity contribution in [2.24, 2.45) is 0 Å². The molecule has 6 heteroatoms. The molecule has 0 heterocycles. The molecule has 0 bridgehead atoms. The van der Waals surface area contributed by atoms with Crippen LogP contribution in [0.2, 0.25) is 0 Å². The van der Waals surface area contributed by atoms with Crippen molar-refractivity contribution in [2.75, 3.05) is 26.4 Å². The summed E-state index contributed by atoms with van der Waals surface area (Å²) in [6.45, 7) is 5.69. The number of aryl methyl sites for hydroxylation is 1. The summed E-state index contributed by atoms with van der Waals surface area (Å²) in [6.07, 6.45) is 0.979. The lowest BCUT2D eigenvalue weighted by atomic mass is 10.1. The molecule has 0 radical (unpaired) electrons. The van der Waals surface area contributed by atoms with E-state index in [1.807, 2.05) is 32.0 Å². The van der Waals surface area contributed by atoms with Gasteiger partial charge in [0.15, 0.2) is 11.5 Å². The van der Waals surface area contributed by atoms with E-state index in [4.69, 9.17) is 14.2 Å². The van der Waals surface area contributed by atoms with Gasteiger partial charge in [0.2, 0.25) is 5.91 Å². The molecule has 2 aromatic carbocycles. The van der Waals surface area contributed by atoms with Crippen LogP contribution in [0.4, 0.5) is 4.39 Å². The predicted molar refractivity (Wildman–Crippen MR) is 102 cm³/mol. The van der Waals surface area contributed by atoms with Crippen molar-refractivity contribution < 1.29 is 23.4 Å². The van der Waals surface area contributed by atoms with E-state index in [9.17, 15) is 9.18 Å². The fourth-order valence-electron chi connectivity index (χ4n) is 2.49. The Bertz CT molecular complexity index is 719. The van der Waals surface area contributed by atoms with Gasteiger partial charge < -0.3 is 19.5 Å². The Labute approximate surface area is 159 Å². The molecule has 0 aliphatic carbocycles. The Hall–Kier alpha value is -2.76. The number of benzene rings is 2. The first-order chi connectivity index (χ1) is 13.1. The van der Waals surface area contributed by atoms with E-state index in [2.05, 4.69) is 5.32 Å². The van der Waals surface area contributed by atoms with E-state index in [1.54, 1.807) is 12.1 Å². The standard InChI is InChI=1S/C21H26FNO4/c1-3-25-19-11-5-16(15-20(19)26-4-2)6-12-21(24)23-13-14-27-18-9-7-17(22)8-10-18/h5,7-11,15H,3-4,6,12-14H2,1-2H3,(H,23,24). The third kappa shape index (κ3) is 7.17. The lowest BCUT2D eigenvalue weighted by Crippen LogP contribution is -2.28. The summed E-state index contributed by atoms with van der Waals surface area (Å²) in [7, 11) is 0. The van der Waals surface area contributed by atoms with Crippen LogP contribution in [0.1, 0.15) is 25.8 Å². The van der Waals surface area contributed by atoms with Crippen LogP contribution >= 0.6 is 0 Å². The van der Waals surface area contributed by atoms with Gasteiger partial charge in [-0.15, -0.1) is 0 Å². The van der Waals surface area contributed by atoms with Gasteiger partial charge in [-0.05, 0) is 62.2 Å². The molecule has 0 aliphatic heterocycles. The monoisotopic (exact) mass is 375 g/mol. The van der Waals surface area contributed by atoms with Crippen molar-refractivity contribution in [3.63, 3.8) is 0 Å². The van der Waals surface area contributed by atoms with Crippen molar-refractivity contribution in [3.05, 3.63) is 53.8 Å². The average molecular weight is 375 g/mol. The predicted octanol–water partition coefficient (Wildman–Crippen LogP) is 3.75. The number of ether oxygens (including phenoxy) is 3. The molecule has 1 N–H and O–H groups in total. The number of carbonyl (C=O) groups excluding carboxylic acids is 1. The number of hydrogen-bond acceptors (Lipinski definition) is 4. The zero-order valence-electron chi connectivity index (χ0n) is 15.8. The summed E-state index contributed by atoms with van der Waals surface area (Å²) in [5.41, 5.74) is 1.01. The summed E-state index contributed by atoms with van der Waals surface area (Å²) in [6, 6.07) is 11.5. The molecule has 0 atom stereocenters. The minimum Gasteiger partial charge on any atom is -0.492 e. The summed E-state index contributed by atoms with van der Waals surface area (Å²) >= 11 is 0. The molecule has 0 saturated heterocycles. The van der Waals surface area contributed by atoms with Gasteiger partial charge in [0.05, 0.1) is 19.8 Å². The van der Waals surface area contributed by atoms with Gasteiger partial charge in [0.1, 0.15) is 18.2 Å². The quantitative estimate of drug-likeness (QED) is 0.608. The lowest BCUT2D eigenvalue weighted by molar-refractivity contribution is -0.121. The van der Waals surface area contributed by atoms with Gasteiger partial charge >= 0.3 is 0 Å². The average Bonchev–Trinajstić information content (AvgIpc) is 2.67. The van der Waals surface area contributed by atoms with Crippen LogP contribution in [0, 0.1) is 5.82 Å². The van der Waals surface area contributed by atoms with Crippen LogP contribution in [0.25, 0.3) is 0 Å². The first kappa shape index (κ1) is 20.6. The molecule has 2 aromatic rings. The fraction of sp³-hybridized carbons (Fsp3) is 0.381. The number of hydrogen-bond donors (Lipinski definition) is 1. The third-order valence-electron chi connectivity index (χ3n) is 3.76. The minimum absolute atomic E-state index is 0.0513. The topological polar surface area (TPSA) is 56.8 Å². The van der Waals surface area contributed by atoms with Crippen molar-refractivity contribution in [1.29, 1.82) is 0 Å². The van der Waals surface area contributed by atoms with Crippen LogP contribution < -0.4 is 19.5 Å². The third-order valence-corrected chi connectivity index (χ3v) is 3.76. The lowest BCUT2D eigenvalue weighted by Gasteiger charge is -2.12. The number of amides is 1. The molecule has 2 rings (SSSR count). The summed E-state index contributed by atoms with van der Waals surface area (Å²) < 4.78 is 29.4. The van der Waals surface area contributed by atoms with E-state index >= 15 is 0 Å². The van der Waals surface area contributed by atoms with Crippen LogP contribution in [0.3, 0.4) is 0 Å². The maximum atomic E-state index is 12.8. The number of carbonyl (C=O) groups is 1. The highest BCUT2D eigenvalue weighted by atomic mass is 19.1. The largest absolute Gasteiger partial charge is 0.492 e. The molecular weight excluding hydrogens is 349 g/mol. The van der Waals surface area contributed by atoms with Crippen molar-refractivity contribution in [1.82, 2.24) is 5.32 Å². The second kappa shape index (κ2) is 11.1. The molecule has 0 saturated carbocycles.